The van der Waals surface area contributed by atoms with Crippen LogP contribution in [0.25, 0.3) is 0 Å². The second-order valence-corrected chi connectivity index (χ2v) is 10.4. The van der Waals surface area contributed by atoms with E-state index in [1.54, 1.807) is 32.0 Å². The van der Waals surface area contributed by atoms with Crippen molar-refractivity contribution in [3.63, 3.8) is 0 Å². The van der Waals surface area contributed by atoms with Gasteiger partial charge in [0.2, 0.25) is 21.8 Å². The van der Waals surface area contributed by atoms with Crippen molar-refractivity contribution in [2.24, 2.45) is 0 Å². The van der Waals surface area contributed by atoms with Gasteiger partial charge in [0.15, 0.2) is 0 Å². The van der Waals surface area contributed by atoms with Gasteiger partial charge in [-0.3, -0.25) is 13.9 Å². The van der Waals surface area contributed by atoms with E-state index in [1.807, 2.05) is 51.1 Å². The highest BCUT2D eigenvalue weighted by Crippen LogP contribution is 2.23. The summed E-state index contributed by atoms with van der Waals surface area (Å²) in [6.07, 6.45) is 1.84. The SMILES string of the molecule is CC[C@H](C)NC(=O)[C@@H](C)N(Cc1ccccc1C)C(=O)CN(c1ccccc1C)S(C)(=O)=O. The molecule has 0 bridgehead atoms. The molecule has 2 amide bonds. The highest BCUT2D eigenvalue weighted by Gasteiger charge is 2.31. The van der Waals surface area contributed by atoms with Crippen LogP contribution in [-0.4, -0.2) is 50.0 Å². The molecule has 2 rings (SSSR count). The van der Waals surface area contributed by atoms with Crippen LogP contribution in [0.4, 0.5) is 5.69 Å². The highest BCUT2D eigenvalue weighted by atomic mass is 32.2. The Kier molecular flexibility index (Phi) is 9.05. The van der Waals surface area contributed by atoms with E-state index in [2.05, 4.69) is 5.32 Å². The van der Waals surface area contributed by atoms with Crippen molar-refractivity contribution in [3.8, 4) is 0 Å². The zero-order chi connectivity index (χ0) is 24.8. The Hall–Kier alpha value is -2.87. The van der Waals surface area contributed by atoms with E-state index in [0.717, 1.165) is 33.7 Å². The molecule has 0 heterocycles. The number of hydrogen-bond acceptors (Lipinski definition) is 4. The lowest BCUT2D eigenvalue weighted by Crippen LogP contribution is -2.52. The molecule has 0 saturated carbocycles. The number of rotatable bonds is 10. The number of carbonyl (C=O) groups excluding carboxylic acids is 2. The molecule has 2 aromatic rings. The predicted octanol–water partition coefficient (Wildman–Crippen LogP) is 3.40. The number of benzene rings is 2. The molecule has 1 N–H and O–H groups in total. The maximum atomic E-state index is 13.5. The summed E-state index contributed by atoms with van der Waals surface area (Å²) in [5.74, 6) is -0.716. The molecular weight excluding hydrogens is 438 g/mol. The van der Waals surface area contributed by atoms with E-state index in [4.69, 9.17) is 0 Å². The third kappa shape index (κ3) is 7.05. The number of para-hydroxylation sites is 1. The maximum absolute atomic E-state index is 13.5. The summed E-state index contributed by atoms with van der Waals surface area (Å²) in [5, 5.41) is 2.92. The van der Waals surface area contributed by atoms with Gasteiger partial charge in [-0.25, -0.2) is 8.42 Å². The number of hydrogen-bond donors (Lipinski definition) is 1. The van der Waals surface area contributed by atoms with Crippen LogP contribution < -0.4 is 9.62 Å². The molecular formula is C25H35N3O4S. The molecule has 0 radical (unpaired) electrons. The van der Waals surface area contributed by atoms with Crippen LogP contribution in [0.2, 0.25) is 0 Å². The lowest BCUT2D eigenvalue weighted by atomic mass is 10.1. The number of carbonyl (C=O) groups is 2. The molecule has 0 spiro atoms. The van der Waals surface area contributed by atoms with E-state index < -0.39 is 28.5 Å². The number of amides is 2. The molecule has 180 valence electrons. The van der Waals surface area contributed by atoms with Gasteiger partial charge in [0, 0.05) is 12.6 Å². The summed E-state index contributed by atoms with van der Waals surface area (Å²) in [7, 11) is -3.73. The topological polar surface area (TPSA) is 86.8 Å². The van der Waals surface area contributed by atoms with Gasteiger partial charge < -0.3 is 10.2 Å². The molecule has 0 unspecified atom stereocenters. The van der Waals surface area contributed by atoms with Crippen molar-refractivity contribution in [1.82, 2.24) is 10.2 Å². The third-order valence-electron chi connectivity index (χ3n) is 5.83. The fourth-order valence-corrected chi connectivity index (χ4v) is 4.36. The summed E-state index contributed by atoms with van der Waals surface area (Å²) >= 11 is 0. The fraction of sp³-hybridized carbons (Fsp3) is 0.440. The number of aryl methyl sites for hydroxylation is 2. The van der Waals surface area contributed by atoms with Crippen LogP contribution >= 0.6 is 0 Å². The number of sulfonamides is 1. The van der Waals surface area contributed by atoms with Crippen LogP contribution in [-0.2, 0) is 26.2 Å². The van der Waals surface area contributed by atoms with Gasteiger partial charge in [-0.1, -0.05) is 49.4 Å². The van der Waals surface area contributed by atoms with Crippen LogP contribution in [0.1, 0.15) is 43.9 Å². The molecule has 8 heteroatoms. The van der Waals surface area contributed by atoms with Crippen molar-refractivity contribution in [2.45, 2.75) is 59.7 Å². The second kappa shape index (κ2) is 11.3. The summed E-state index contributed by atoms with van der Waals surface area (Å²) in [6.45, 7) is 9.10. The summed E-state index contributed by atoms with van der Waals surface area (Å²) in [4.78, 5) is 27.9. The van der Waals surface area contributed by atoms with Gasteiger partial charge in [-0.05, 0) is 56.9 Å². The number of anilines is 1. The molecule has 2 aromatic carbocycles. The van der Waals surface area contributed by atoms with E-state index in [1.165, 1.54) is 4.90 Å². The van der Waals surface area contributed by atoms with Gasteiger partial charge in [0.05, 0.1) is 11.9 Å². The molecule has 0 aliphatic rings. The molecule has 0 aromatic heterocycles. The lowest BCUT2D eigenvalue weighted by molar-refractivity contribution is -0.139. The lowest BCUT2D eigenvalue weighted by Gasteiger charge is -2.32. The first-order valence-electron chi connectivity index (χ1n) is 11.1. The van der Waals surface area contributed by atoms with E-state index in [-0.39, 0.29) is 18.5 Å². The average Bonchev–Trinajstić information content (AvgIpc) is 2.76. The Morgan fingerprint density at radius 1 is 0.970 bits per heavy atom. The minimum Gasteiger partial charge on any atom is -0.352 e. The zero-order valence-electron chi connectivity index (χ0n) is 20.3. The minimum atomic E-state index is -3.73. The van der Waals surface area contributed by atoms with Gasteiger partial charge in [0.25, 0.3) is 0 Å². The summed E-state index contributed by atoms with van der Waals surface area (Å²) < 4.78 is 26.3. The first-order valence-corrected chi connectivity index (χ1v) is 13.0. The van der Waals surface area contributed by atoms with Crippen LogP contribution in [0.15, 0.2) is 48.5 Å². The first kappa shape index (κ1) is 26.4. The molecule has 0 aliphatic carbocycles. The number of nitrogens with zero attached hydrogens (tertiary/aromatic N) is 2. The van der Waals surface area contributed by atoms with Gasteiger partial charge >= 0.3 is 0 Å². The zero-order valence-corrected chi connectivity index (χ0v) is 21.1. The average molecular weight is 474 g/mol. The standard InChI is InChI=1S/C25H35N3O4S/c1-7-20(4)26-25(30)21(5)27(16-22-14-10-8-12-18(22)2)24(29)17-28(33(6,31)32)23-15-11-9-13-19(23)3/h8-15,20-21H,7,16-17H2,1-6H3,(H,26,30)/t20-,21+/m0/s1. The Bertz CT molecular complexity index is 1080. The van der Waals surface area contributed by atoms with Crippen molar-refractivity contribution in [3.05, 3.63) is 65.2 Å². The molecule has 0 aliphatic heterocycles. The Morgan fingerprint density at radius 2 is 1.55 bits per heavy atom. The largest absolute Gasteiger partial charge is 0.352 e. The fourth-order valence-electron chi connectivity index (χ4n) is 3.46. The Morgan fingerprint density at radius 3 is 2.09 bits per heavy atom. The van der Waals surface area contributed by atoms with Crippen molar-refractivity contribution in [2.75, 3.05) is 17.1 Å². The van der Waals surface area contributed by atoms with Crippen molar-refractivity contribution in [1.29, 1.82) is 0 Å². The Balaban J connectivity index is 2.41. The highest BCUT2D eigenvalue weighted by molar-refractivity contribution is 7.92. The van der Waals surface area contributed by atoms with Crippen LogP contribution in [0.3, 0.4) is 0 Å². The first-order chi connectivity index (χ1) is 15.5. The van der Waals surface area contributed by atoms with Gasteiger partial charge in [-0.15, -0.1) is 0 Å². The van der Waals surface area contributed by atoms with Crippen LogP contribution in [0.5, 0.6) is 0 Å². The predicted molar refractivity (Wildman–Crippen MR) is 132 cm³/mol. The van der Waals surface area contributed by atoms with Crippen LogP contribution in [0, 0.1) is 13.8 Å². The summed E-state index contributed by atoms with van der Waals surface area (Å²) in [6, 6.07) is 13.9. The third-order valence-corrected chi connectivity index (χ3v) is 6.96. The van der Waals surface area contributed by atoms with Crippen molar-refractivity contribution < 1.29 is 18.0 Å². The smallest absolute Gasteiger partial charge is 0.244 e. The van der Waals surface area contributed by atoms with E-state index in [9.17, 15) is 18.0 Å². The molecule has 7 nitrogen and oxygen atoms in total. The van der Waals surface area contributed by atoms with Gasteiger partial charge in [0.1, 0.15) is 12.6 Å². The monoisotopic (exact) mass is 473 g/mol. The molecule has 0 fully saturated rings. The molecule has 2 atom stereocenters. The maximum Gasteiger partial charge on any atom is 0.244 e. The number of nitrogens with one attached hydrogen (secondary N) is 1. The Labute approximate surface area is 197 Å². The molecule has 33 heavy (non-hydrogen) atoms. The summed E-state index contributed by atoms with van der Waals surface area (Å²) in [5.41, 5.74) is 3.07. The molecule has 0 saturated heterocycles. The second-order valence-electron chi connectivity index (χ2n) is 8.50. The minimum absolute atomic E-state index is 0.0325. The van der Waals surface area contributed by atoms with E-state index in [0.29, 0.717) is 5.69 Å². The quantitative estimate of drug-likeness (QED) is 0.573. The van der Waals surface area contributed by atoms with Crippen molar-refractivity contribution >= 4 is 27.5 Å². The van der Waals surface area contributed by atoms with E-state index >= 15 is 0 Å². The van der Waals surface area contributed by atoms with Gasteiger partial charge in [-0.2, -0.15) is 0 Å². The normalized spacial score (nSPS) is 13.2.